The minimum Gasteiger partial charge on any atom is -0.456 e. The van der Waals surface area contributed by atoms with E-state index in [0.717, 1.165) is 31.4 Å². The number of aromatic nitrogens is 1. The normalized spacial score (nSPS) is 14.8. The van der Waals surface area contributed by atoms with Gasteiger partial charge in [-0.15, -0.1) is 23.1 Å². The molecule has 1 atom stereocenters. The molecule has 35 heavy (non-hydrogen) atoms. The minimum atomic E-state index is -0.603. The predicted molar refractivity (Wildman–Crippen MR) is 139 cm³/mol. The van der Waals surface area contributed by atoms with Crippen LogP contribution in [0.5, 0.6) is 0 Å². The summed E-state index contributed by atoms with van der Waals surface area (Å²) >= 11 is 2.93. The van der Waals surface area contributed by atoms with E-state index >= 15 is 0 Å². The van der Waals surface area contributed by atoms with E-state index in [9.17, 15) is 14.4 Å². The Bertz CT molecular complexity index is 1430. The van der Waals surface area contributed by atoms with Gasteiger partial charge in [-0.1, -0.05) is 18.2 Å². The number of nitrogens with one attached hydrogen (secondary N) is 2. The number of nitrogens with zero attached hydrogens (tertiary/aromatic N) is 1. The number of aryl methyl sites for hydroxylation is 1. The summed E-state index contributed by atoms with van der Waals surface area (Å²) in [6.45, 7) is 1.63. The number of carbonyl (C=O) groups is 3. The smallest absolute Gasteiger partial charge is 0.307 e. The molecular weight excluding hydrogens is 482 g/mol. The van der Waals surface area contributed by atoms with Gasteiger partial charge in [-0.05, 0) is 61.0 Å². The second kappa shape index (κ2) is 9.89. The molecule has 0 saturated carbocycles. The van der Waals surface area contributed by atoms with Crippen molar-refractivity contribution in [3.05, 3.63) is 72.3 Å². The maximum atomic E-state index is 12.3. The highest BCUT2D eigenvalue weighted by Crippen LogP contribution is 2.36. The van der Waals surface area contributed by atoms with E-state index in [1.807, 2.05) is 48.5 Å². The molecule has 4 aromatic rings. The van der Waals surface area contributed by atoms with Crippen LogP contribution in [-0.2, 0) is 19.1 Å². The molecule has 1 aromatic heterocycles. The molecule has 0 aliphatic carbocycles. The van der Waals surface area contributed by atoms with Crippen molar-refractivity contribution in [1.82, 2.24) is 4.98 Å². The summed E-state index contributed by atoms with van der Waals surface area (Å²) < 4.78 is 6.23. The number of hydrogen-bond donors (Lipinski definition) is 2. The highest BCUT2D eigenvalue weighted by atomic mass is 32.2. The Kier molecular flexibility index (Phi) is 6.52. The molecule has 0 saturated heterocycles. The van der Waals surface area contributed by atoms with Gasteiger partial charge in [-0.2, -0.15) is 0 Å². The maximum Gasteiger partial charge on any atom is 0.307 e. The minimum absolute atomic E-state index is 0.117. The number of ether oxygens (including phenoxy) is 1. The number of para-hydroxylation sites is 1. The fourth-order valence-corrected chi connectivity index (χ4v) is 5.80. The van der Waals surface area contributed by atoms with Crippen LogP contribution >= 0.6 is 23.1 Å². The maximum absolute atomic E-state index is 12.3. The van der Waals surface area contributed by atoms with Gasteiger partial charge in [0, 0.05) is 16.1 Å². The lowest BCUT2D eigenvalue weighted by Crippen LogP contribution is -2.32. The Labute approximate surface area is 209 Å². The highest BCUT2D eigenvalue weighted by Gasteiger charge is 2.29. The molecule has 1 aliphatic heterocycles. The van der Waals surface area contributed by atoms with Gasteiger partial charge in [0.1, 0.15) is 5.01 Å². The second-order valence-corrected chi connectivity index (χ2v) is 10.3. The molecule has 3 aromatic carbocycles. The molecule has 2 N–H and O–H groups in total. The average Bonchev–Trinajstić information content (AvgIpc) is 3.27. The molecule has 0 bridgehead atoms. The third kappa shape index (κ3) is 5.36. The largest absolute Gasteiger partial charge is 0.456 e. The van der Waals surface area contributed by atoms with E-state index in [4.69, 9.17) is 4.74 Å². The van der Waals surface area contributed by atoms with Gasteiger partial charge in [-0.3, -0.25) is 14.4 Å². The molecule has 0 radical (unpaired) electrons. The van der Waals surface area contributed by atoms with Crippen LogP contribution in [0, 0.1) is 6.92 Å². The SMILES string of the molecule is Cc1ccc2nc(-c3ccc(NC(=O)COC(=O)CC4Sc5ccccc5NC4=O)cc3)sc2c1. The van der Waals surface area contributed by atoms with E-state index < -0.39 is 23.7 Å². The van der Waals surface area contributed by atoms with Gasteiger partial charge in [-0.25, -0.2) is 4.98 Å². The lowest BCUT2D eigenvalue weighted by atomic mass is 10.2. The number of rotatable bonds is 6. The Morgan fingerprint density at radius 1 is 1.09 bits per heavy atom. The first-order valence-electron chi connectivity index (χ1n) is 10.9. The highest BCUT2D eigenvalue weighted by molar-refractivity contribution is 8.01. The van der Waals surface area contributed by atoms with Gasteiger partial charge in [0.25, 0.3) is 5.91 Å². The zero-order chi connectivity index (χ0) is 24.4. The van der Waals surface area contributed by atoms with Crippen LogP contribution in [-0.4, -0.2) is 34.6 Å². The van der Waals surface area contributed by atoms with E-state index in [0.29, 0.717) is 5.69 Å². The second-order valence-electron chi connectivity index (χ2n) is 8.07. The Morgan fingerprint density at radius 3 is 2.71 bits per heavy atom. The van der Waals surface area contributed by atoms with E-state index in [-0.39, 0.29) is 12.3 Å². The number of amides is 2. The standard InChI is InChI=1S/C26H21N3O4S2/c1-15-6-11-19-21(12-15)35-26(29-19)16-7-9-17(10-8-16)27-23(30)14-33-24(31)13-22-25(32)28-18-4-2-3-5-20(18)34-22/h2-12,22H,13-14H2,1H3,(H,27,30)(H,28,32). The zero-order valence-electron chi connectivity index (χ0n) is 18.7. The number of benzene rings is 3. The molecule has 7 nitrogen and oxygen atoms in total. The first-order chi connectivity index (χ1) is 16.9. The quantitative estimate of drug-likeness (QED) is 0.349. The summed E-state index contributed by atoms with van der Waals surface area (Å²) in [5.41, 5.74) is 4.43. The van der Waals surface area contributed by atoms with Gasteiger partial charge in [0.05, 0.1) is 27.6 Å². The zero-order valence-corrected chi connectivity index (χ0v) is 20.4. The van der Waals surface area contributed by atoms with Crippen molar-refractivity contribution in [2.24, 2.45) is 0 Å². The topological polar surface area (TPSA) is 97.4 Å². The third-order valence-electron chi connectivity index (χ3n) is 5.38. The van der Waals surface area contributed by atoms with Crippen molar-refractivity contribution in [3.63, 3.8) is 0 Å². The van der Waals surface area contributed by atoms with Crippen LogP contribution in [0.15, 0.2) is 71.6 Å². The number of anilines is 2. The van der Waals surface area contributed by atoms with Crippen LogP contribution in [0.3, 0.4) is 0 Å². The van der Waals surface area contributed by atoms with Crippen LogP contribution in [0.25, 0.3) is 20.8 Å². The molecule has 9 heteroatoms. The fraction of sp³-hybridized carbons (Fsp3) is 0.154. The molecule has 5 rings (SSSR count). The summed E-state index contributed by atoms with van der Waals surface area (Å²) in [5, 5.41) is 5.82. The molecule has 1 aliphatic rings. The van der Waals surface area contributed by atoms with Crippen LogP contribution < -0.4 is 10.6 Å². The molecule has 0 fully saturated rings. The Hall–Kier alpha value is -3.69. The number of esters is 1. The summed E-state index contributed by atoms with van der Waals surface area (Å²) in [7, 11) is 0. The fourth-order valence-electron chi connectivity index (χ4n) is 3.63. The van der Waals surface area contributed by atoms with Crippen molar-refractivity contribution in [3.8, 4) is 10.6 Å². The van der Waals surface area contributed by atoms with Crippen molar-refractivity contribution in [1.29, 1.82) is 0 Å². The number of thiazole rings is 1. The number of thioether (sulfide) groups is 1. The summed E-state index contributed by atoms with van der Waals surface area (Å²) in [6.07, 6.45) is -0.117. The number of carbonyl (C=O) groups excluding carboxylic acids is 3. The van der Waals surface area contributed by atoms with Crippen molar-refractivity contribution >= 4 is 62.5 Å². The molecule has 0 spiro atoms. The average molecular weight is 504 g/mol. The first-order valence-corrected chi connectivity index (χ1v) is 12.6. The van der Waals surface area contributed by atoms with Gasteiger partial charge in [0.2, 0.25) is 5.91 Å². The molecule has 2 heterocycles. The lowest BCUT2D eigenvalue weighted by Gasteiger charge is -2.23. The Balaban J connectivity index is 1.12. The molecule has 1 unspecified atom stereocenters. The molecule has 2 amide bonds. The van der Waals surface area contributed by atoms with Crippen LogP contribution in [0.2, 0.25) is 0 Å². The first kappa shape index (κ1) is 23.1. The number of fused-ring (bicyclic) bond motifs is 2. The predicted octanol–water partition coefficient (Wildman–Crippen LogP) is 5.26. The summed E-state index contributed by atoms with van der Waals surface area (Å²) in [4.78, 5) is 42.3. The molecule has 176 valence electrons. The van der Waals surface area contributed by atoms with Crippen LogP contribution in [0.1, 0.15) is 12.0 Å². The van der Waals surface area contributed by atoms with Gasteiger partial charge < -0.3 is 15.4 Å². The summed E-state index contributed by atoms with van der Waals surface area (Å²) in [6, 6.07) is 20.9. The summed E-state index contributed by atoms with van der Waals surface area (Å²) in [5.74, 6) is -1.31. The molecular formula is C26H21N3O4S2. The lowest BCUT2D eigenvalue weighted by molar-refractivity contribution is -0.147. The third-order valence-corrected chi connectivity index (χ3v) is 7.72. The Morgan fingerprint density at radius 2 is 1.89 bits per heavy atom. The van der Waals surface area contributed by atoms with E-state index in [1.165, 1.54) is 17.3 Å². The van der Waals surface area contributed by atoms with Gasteiger partial charge in [0.15, 0.2) is 6.61 Å². The van der Waals surface area contributed by atoms with Crippen LogP contribution in [0.4, 0.5) is 11.4 Å². The van der Waals surface area contributed by atoms with E-state index in [2.05, 4.69) is 28.6 Å². The van der Waals surface area contributed by atoms with Crippen molar-refractivity contribution in [2.75, 3.05) is 17.2 Å². The monoisotopic (exact) mass is 503 g/mol. The van der Waals surface area contributed by atoms with Crippen molar-refractivity contribution < 1.29 is 19.1 Å². The van der Waals surface area contributed by atoms with Gasteiger partial charge >= 0.3 is 5.97 Å². The van der Waals surface area contributed by atoms with Crippen molar-refractivity contribution in [2.45, 2.75) is 23.5 Å². The van der Waals surface area contributed by atoms with E-state index in [1.54, 1.807) is 23.5 Å². The number of hydrogen-bond acceptors (Lipinski definition) is 7.